The van der Waals surface area contributed by atoms with E-state index in [4.69, 9.17) is 4.55 Å². The lowest BCUT2D eigenvalue weighted by Crippen LogP contribution is -2.06. The van der Waals surface area contributed by atoms with Crippen molar-refractivity contribution in [2.75, 3.05) is 5.75 Å². The fourth-order valence-electron chi connectivity index (χ4n) is 1.68. The average Bonchev–Trinajstić information content (AvgIpc) is 2.78. The van der Waals surface area contributed by atoms with Gasteiger partial charge in [0.2, 0.25) is 4.38 Å². The van der Waals surface area contributed by atoms with Gasteiger partial charge in [-0.25, -0.2) is 0 Å². The molecule has 0 aromatic heterocycles. The summed E-state index contributed by atoms with van der Waals surface area (Å²) in [6, 6.07) is 7.75. The fraction of sp³-hybridized carbons (Fsp3) is 0.364. The maximum Gasteiger partial charge on any atom is 0.318 e. The van der Waals surface area contributed by atoms with Crippen LogP contribution in [0.1, 0.15) is 24.1 Å². The molecule has 0 spiro atoms. The van der Waals surface area contributed by atoms with Crippen molar-refractivity contribution in [2.24, 2.45) is 4.99 Å². The summed E-state index contributed by atoms with van der Waals surface area (Å²) >= 11 is 1.08. The van der Waals surface area contributed by atoms with Gasteiger partial charge in [0.05, 0.1) is 6.04 Å². The molecule has 2 rings (SSSR count). The molecule has 1 aromatic rings. The standard InChI is InChI=1S/C11H13NO3S2/c1-2-8-4-3-5-9(6-8)10-7-16-11(12-10)17(13,14)15/h3-6,10H,2,7H2,1H3,(H,13,14,15). The van der Waals surface area contributed by atoms with Crippen LogP contribution < -0.4 is 0 Å². The summed E-state index contributed by atoms with van der Waals surface area (Å²) in [5, 5.41) is 0. The molecule has 1 N–H and O–H groups in total. The number of rotatable bonds is 2. The molecule has 17 heavy (non-hydrogen) atoms. The summed E-state index contributed by atoms with van der Waals surface area (Å²) in [5.74, 6) is 0.558. The molecule has 0 fully saturated rings. The Hall–Kier alpha value is -0.850. The Bertz CT molecular complexity index is 552. The van der Waals surface area contributed by atoms with E-state index in [0.717, 1.165) is 23.7 Å². The van der Waals surface area contributed by atoms with E-state index in [9.17, 15) is 8.42 Å². The predicted molar refractivity (Wildman–Crippen MR) is 70.0 cm³/mol. The summed E-state index contributed by atoms with van der Waals surface area (Å²) in [6.07, 6.45) is 0.933. The first-order chi connectivity index (χ1) is 8.00. The summed E-state index contributed by atoms with van der Waals surface area (Å²) in [7, 11) is -4.15. The lowest BCUT2D eigenvalue weighted by atomic mass is 10.0. The molecule has 4 nitrogen and oxygen atoms in total. The highest BCUT2D eigenvalue weighted by atomic mass is 32.3. The van der Waals surface area contributed by atoms with Gasteiger partial charge in [-0.05, 0) is 17.5 Å². The van der Waals surface area contributed by atoms with Gasteiger partial charge >= 0.3 is 10.1 Å². The van der Waals surface area contributed by atoms with Gasteiger partial charge < -0.3 is 0 Å². The highest BCUT2D eigenvalue weighted by Gasteiger charge is 2.27. The number of thioether (sulfide) groups is 1. The molecule has 1 heterocycles. The Morgan fingerprint density at radius 1 is 1.53 bits per heavy atom. The van der Waals surface area contributed by atoms with Crippen molar-refractivity contribution < 1.29 is 13.0 Å². The van der Waals surface area contributed by atoms with Crippen LogP contribution in [0.15, 0.2) is 29.3 Å². The van der Waals surface area contributed by atoms with Crippen molar-refractivity contribution in [1.29, 1.82) is 0 Å². The first-order valence-electron chi connectivity index (χ1n) is 5.27. The van der Waals surface area contributed by atoms with E-state index >= 15 is 0 Å². The van der Waals surface area contributed by atoms with Crippen LogP contribution in [0.25, 0.3) is 0 Å². The second kappa shape index (κ2) is 4.80. The molecule has 0 saturated heterocycles. The number of aliphatic imine (C=N–C) groups is 1. The lowest BCUT2D eigenvalue weighted by Gasteiger charge is -2.07. The van der Waals surface area contributed by atoms with Crippen LogP contribution in [0.3, 0.4) is 0 Å². The molecule has 0 radical (unpaired) electrons. The van der Waals surface area contributed by atoms with Crippen molar-refractivity contribution in [1.82, 2.24) is 0 Å². The smallest absolute Gasteiger partial charge is 0.280 e. The third-order valence-corrected chi connectivity index (χ3v) is 4.96. The number of hydrogen-bond acceptors (Lipinski definition) is 4. The van der Waals surface area contributed by atoms with E-state index in [1.165, 1.54) is 5.56 Å². The zero-order valence-electron chi connectivity index (χ0n) is 9.33. The van der Waals surface area contributed by atoms with Crippen LogP contribution in [-0.4, -0.2) is 23.1 Å². The predicted octanol–water partition coefficient (Wildman–Crippen LogP) is 2.28. The average molecular weight is 271 g/mol. The maximum atomic E-state index is 10.9. The van der Waals surface area contributed by atoms with Crippen molar-refractivity contribution in [3.63, 3.8) is 0 Å². The van der Waals surface area contributed by atoms with Crippen LogP contribution in [0.4, 0.5) is 0 Å². The summed E-state index contributed by atoms with van der Waals surface area (Å²) in [5.41, 5.74) is 2.19. The molecule has 1 atom stereocenters. The lowest BCUT2D eigenvalue weighted by molar-refractivity contribution is 0.499. The normalized spacial score (nSPS) is 20.4. The summed E-state index contributed by atoms with van der Waals surface area (Å²) in [6.45, 7) is 2.06. The topological polar surface area (TPSA) is 66.7 Å². The van der Waals surface area contributed by atoms with Crippen molar-refractivity contribution >= 4 is 26.3 Å². The van der Waals surface area contributed by atoms with E-state index in [0.29, 0.717) is 5.75 Å². The van der Waals surface area contributed by atoms with Gasteiger partial charge in [-0.3, -0.25) is 9.55 Å². The fourth-order valence-corrected chi connectivity index (χ4v) is 3.51. The van der Waals surface area contributed by atoms with Gasteiger partial charge in [-0.2, -0.15) is 8.42 Å². The number of nitrogens with zero attached hydrogens (tertiary/aromatic N) is 1. The molecule has 1 aliphatic heterocycles. The molecular weight excluding hydrogens is 258 g/mol. The summed E-state index contributed by atoms with van der Waals surface area (Å²) in [4.78, 5) is 4.05. The van der Waals surface area contributed by atoms with Crippen molar-refractivity contribution in [3.05, 3.63) is 35.4 Å². The van der Waals surface area contributed by atoms with Gasteiger partial charge in [0.25, 0.3) is 0 Å². The van der Waals surface area contributed by atoms with Gasteiger partial charge in [0.1, 0.15) is 0 Å². The largest absolute Gasteiger partial charge is 0.318 e. The molecule has 1 aromatic carbocycles. The third-order valence-electron chi connectivity index (χ3n) is 2.59. The Kier molecular flexibility index (Phi) is 3.56. The Morgan fingerprint density at radius 3 is 2.88 bits per heavy atom. The van der Waals surface area contributed by atoms with Gasteiger partial charge in [0.15, 0.2) is 0 Å². The Morgan fingerprint density at radius 2 is 2.29 bits per heavy atom. The molecule has 1 unspecified atom stereocenters. The third kappa shape index (κ3) is 2.88. The molecule has 0 aliphatic carbocycles. The maximum absolute atomic E-state index is 10.9. The van der Waals surface area contributed by atoms with E-state index in [1.54, 1.807) is 0 Å². The van der Waals surface area contributed by atoms with Crippen molar-refractivity contribution in [2.45, 2.75) is 19.4 Å². The first-order valence-corrected chi connectivity index (χ1v) is 7.70. The van der Waals surface area contributed by atoms with Gasteiger partial charge in [-0.1, -0.05) is 43.0 Å². The molecule has 0 amide bonds. The van der Waals surface area contributed by atoms with E-state index in [-0.39, 0.29) is 10.4 Å². The second-order valence-electron chi connectivity index (χ2n) is 3.80. The van der Waals surface area contributed by atoms with Crippen LogP contribution >= 0.6 is 11.8 Å². The van der Waals surface area contributed by atoms with Gasteiger partial charge in [0, 0.05) is 5.75 Å². The quantitative estimate of drug-likeness (QED) is 0.838. The molecule has 6 heteroatoms. The SMILES string of the molecule is CCc1cccc(C2CSC(S(=O)(=O)O)=N2)c1. The number of hydrogen-bond donors (Lipinski definition) is 1. The minimum atomic E-state index is -4.15. The van der Waals surface area contributed by atoms with Gasteiger partial charge in [-0.15, -0.1) is 0 Å². The highest BCUT2D eigenvalue weighted by Crippen LogP contribution is 2.32. The number of aryl methyl sites for hydroxylation is 1. The molecule has 0 saturated carbocycles. The van der Waals surface area contributed by atoms with Crippen LogP contribution in [0.5, 0.6) is 0 Å². The highest BCUT2D eigenvalue weighted by molar-refractivity contribution is 8.33. The monoisotopic (exact) mass is 271 g/mol. The van der Waals surface area contributed by atoms with Crippen LogP contribution in [-0.2, 0) is 16.5 Å². The van der Waals surface area contributed by atoms with Crippen LogP contribution in [0, 0.1) is 0 Å². The zero-order valence-corrected chi connectivity index (χ0v) is 11.0. The van der Waals surface area contributed by atoms with E-state index < -0.39 is 10.1 Å². The molecule has 92 valence electrons. The molecule has 1 aliphatic rings. The van der Waals surface area contributed by atoms with Crippen molar-refractivity contribution in [3.8, 4) is 0 Å². The molecular formula is C11H13NO3S2. The number of benzene rings is 1. The molecule has 0 bridgehead atoms. The first kappa shape index (κ1) is 12.6. The minimum absolute atomic E-state index is 0.176. The van der Waals surface area contributed by atoms with E-state index in [2.05, 4.69) is 11.9 Å². The van der Waals surface area contributed by atoms with Crippen LogP contribution in [0.2, 0.25) is 0 Å². The Balaban J connectivity index is 2.28. The minimum Gasteiger partial charge on any atom is -0.280 e. The summed E-state index contributed by atoms with van der Waals surface area (Å²) < 4.78 is 30.6. The Labute approximate surface area is 105 Å². The zero-order chi connectivity index (χ0) is 12.5. The second-order valence-corrected chi connectivity index (χ2v) is 6.40. The van der Waals surface area contributed by atoms with E-state index in [1.807, 2.05) is 24.3 Å².